The Morgan fingerprint density at radius 3 is 2.38 bits per heavy atom. The molecule has 0 unspecified atom stereocenters. The molecule has 0 spiro atoms. The number of hydrogen-bond acceptors (Lipinski definition) is 2. The number of hydrogen-bond donors (Lipinski definition) is 1. The van der Waals surface area contributed by atoms with E-state index in [1.807, 2.05) is 76.2 Å². The van der Waals surface area contributed by atoms with E-state index in [0.29, 0.717) is 18.5 Å². The summed E-state index contributed by atoms with van der Waals surface area (Å²) in [4.78, 5) is 27.8. The monoisotopic (exact) mass is 350 g/mol. The van der Waals surface area contributed by atoms with Crippen LogP contribution in [0.15, 0.2) is 48.5 Å². The molecule has 0 bridgehead atoms. The Labute approximate surface area is 155 Å². The fourth-order valence-electron chi connectivity index (χ4n) is 3.37. The fourth-order valence-corrected chi connectivity index (χ4v) is 3.37. The summed E-state index contributed by atoms with van der Waals surface area (Å²) < 4.78 is 0. The lowest BCUT2D eigenvalue weighted by molar-refractivity contribution is -0.127. The molecular weight excluding hydrogens is 324 g/mol. The van der Waals surface area contributed by atoms with Gasteiger partial charge in [-0.05, 0) is 51.0 Å². The first-order valence-electron chi connectivity index (χ1n) is 9.01. The standard InChI is InChI=1S/C22H26N2O2/c1-15-8-7-11-17(12-15)21(26)24-14-18-10-6-5-9-16(18)13-19(24)20(25)23-22(2,3)4/h5-12,19H,13-14H2,1-4H3,(H,23,25)/t19-/m1/s1. The highest BCUT2D eigenvalue weighted by molar-refractivity contribution is 5.98. The van der Waals surface area contributed by atoms with Crippen LogP contribution >= 0.6 is 0 Å². The van der Waals surface area contributed by atoms with E-state index in [9.17, 15) is 9.59 Å². The molecule has 136 valence electrons. The first-order valence-corrected chi connectivity index (χ1v) is 9.01. The third-order valence-corrected chi connectivity index (χ3v) is 4.58. The van der Waals surface area contributed by atoms with E-state index in [1.54, 1.807) is 4.90 Å². The van der Waals surface area contributed by atoms with Gasteiger partial charge < -0.3 is 10.2 Å². The molecule has 0 saturated carbocycles. The van der Waals surface area contributed by atoms with Crippen molar-refractivity contribution in [1.29, 1.82) is 0 Å². The average molecular weight is 350 g/mol. The Morgan fingerprint density at radius 2 is 1.73 bits per heavy atom. The van der Waals surface area contributed by atoms with Gasteiger partial charge >= 0.3 is 0 Å². The van der Waals surface area contributed by atoms with Gasteiger partial charge in [-0.25, -0.2) is 0 Å². The van der Waals surface area contributed by atoms with Crippen LogP contribution in [-0.4, -0.2) is 28.3 Å². The Morgan fingerprint density at radius 1 is 1.04 bits per heavy atom. The number of aryl methyl sites for hydroxylation is 1. The maximum absolute atomic E-state index is 13.2. The minimum Gasteiger partial charge on any atom is -0.350 e. The van der Waals surface area contributed by atoms with Crippen LogP contribution in [0.1, 0.15) is 47.8 Å². The summed E-state index contributed by atoms with van der Waals surface area (Å²) in [5.74, 6) is -0.203. The number of nitrogens with one attached hydrogen (secondary N) is 1. The summed E-state index contributed by atoms with van der Waals surface area (Å²) in [5, 5.41) is 3.03. The van der Waals surface area contributed by atoms with Gasteiger partial charge in [0, 0.05) is 24.1 Å². The van der Waals surface area contributed by atoms with Gasteiger partial charge in [0.2, 0.25) is 5.91 Å². The molecule has 2 aromatic rings. The van der Waals surface area contributed by atoms with Crippen molar-refractivity contribution in [2.75, 3.05) is 0 Å². The van der Waals surface area contributed by atoms with Gasteiger partial charge in [-0.15, -0.1) is 0 Å². The first-order chi connectivity index (χ1) is 12.2. The summed E-state index contributed by atoms with van der Waals surface area (Å²) in [6.45, 7) is 8.27. The predicted molar refractivity (Wildman–Crippen MR) is 103 cm³/mol. The van der Waals surface area contributed by atoms with Gasteiger partial charge in [0.05, 0.1) is 0 Å². The van der Waals surface area contributed by atoms with Crippen molar-refractivity contribution in [2.24, 2.45) is 0 Å². The molecule has 0 saturated heterocycles. The molecule has 1 aliphatic rings. The molecule has 1 atom stereocenters. The third kappa shape index (κ3) is 3.96. The number of amides is 2. The molecule has 1 heterocycles. The summed E-state index contributed by atoms with van der Waals surface area (Å²) in [7, 11) is 0. The molecule has 1 N–H and O–H groups in total. The van der Waals surface area contributed by atoms with Crippen LogP contribution in [0, 0.1) is 6.92 Å². The van der Waals surface area contributed by atoms with Gasteiger partial charge in [-0.2, -0.15) is 0 Å². The van der Waals surface area contributed by atoms with Gasteiger partial charge in [-0.3, -0.25) is 9.59 Å². The predicted octanol–water partition coefficient (Wildman–Crippen LogP) is 3.48. The van der Waals surface area contributed by atoms with Crippen LogP contribution in [0.4, 0.5) is 0 Å². The molecule has 2 aromatic carbocycles. The molecule has 4 heteroatoms. The van der Waals surface area contributed by atoms with E-state index >= 15 is 0 Å². The summed E-state index contributed by atoms with van der Waals surface area (Å²) in [6, 6.07) is 15.1. The van der Waals surface area contributed by atoms with Crippen LogP contribution in [0.25, 0.3) is 0 Å². The Hall–Kier alpha value is -2.62. The van der Waals surface area contributed by atoms with Gasteiger partial charge in [0.15, 0.2) is 0 Å². The lowest BCUT2D eigenvalue weighted by Crippen LogP contribution is -2.56. The highest BCUT2D eigenvalue weighted by atomic mass is 16.2. The quantitative estimate of drug-likeness (QED) is 0.901. The fraction of sp³-hybridized carbons (Fsp3) is 0.364. The highest BCUT2D eigenvalue weighted by Crippen LogP contribution is 2.26. The van der Waals surface area contributed by atoms with Crippen LogP contribution in [0.2, 0.25) is 0 Å². The van der Waals surface area contributed by atoms with E-state index in [0.717, 1.165) is 16.7 Å². The minimum absolute atomic E-state index is 0.0998. The summed E-state index contributed by atoms with van der Waals surface area (Å²) in [6.07, 6.45) is 0.537. The zero-order valence-corrected chi connectivity index (χ0v) is 15.9. The number of carbonyl (C=O) groups excluding carboxylic acids is 2. The van der Waals surface area contributed by atoms with Crippen molar-refractivity contribution < 1.29 is 9.59 Å². The Bertz CT molecular complexity index is 836. The van der Waals surface area contributed by atoms with Crippen molar-refractivity contribution in [2.45, 2.75) is 52.2 Å². The normalized spacial score (nSPS) is 16.8. The minimum atomic E-state index is -0.503. The van der Waals surface area contributed by atoms with Crippen molar-refractivity contribution in [3.63, 3.8) is 0 Å². The van der Waals surface area contributed by atoms with Crippen LogP contribution in [0.5, 0.6) is 0 Å². The van der Waals surface area contributed by atoms with E-state index in [4.69, 9.17) is 0 Å². The smallest absolute Gasteiger partial charge is 0.254 e. The number of benzene rings is 2. The second-order valence-corrected chi connectivity index (χ2v) is 8.03. The molecule has 3 rings (SSSR count). The van der Waals surface area contributed by atoms with Crippen LogP contribution < -0.4 is 5.32 Å². The van der Waals surface area contributed by atoms with Crippen molar-refractivity contribution in [1.82, 2.24) is 10.2 Å². The molecule has 0 aliphatic carbocycles. The van der Waals surface area contributed by atoms with Crippen LogP contribution in [0.3, 0.4) is 0 Å². The second-order valence-electron chi connectivity index (χ2n) is 8.03. The molecule has 0 fully saturated rings. The van der Waals surface area contributed by atoms with E-state index in [1.165, 1.54) is 0 Å². The number of nitrogens with zero attached hydrogens (tertiary/aromatic N) is 1. The lowest BCUT2D eigenvalue weighted by atomic mass is 9.92. The van der Waals surface area contributed by atoms with Crippen LogP contribution in [-0.2, 0) is 17.8 Å². The highest BCUT2D eigenvalue weighted by Gasteiger charge is 2.36. The molecule has 0 radical (unpaired) electrons. The zero-order chi connectivity index (χ0) is 18.9. The van der Waals surface area contributed by atoms with Crippen molar-refractivity contribution in [3.05, 3.63) is 70.8 Å². The van der Waals surface area contributed by atoms with E-state index < -0.39 is 6.04 Å². The molecule has 0 aromatic heterocycles. The van der Waals surface area contributed by atoms with Gasteiger partial charge in [0.25, 0.3) is 5.91 Å². The van der Waals surface area contributed by atoms with Gasteiger partial charge in [-0.1, -0.05) is 42.0 Å². The Balaban J connectivity index is 1.96. The average Bonchev–Trinajstić information content (AvgIpc) is 2.58. The van der Waals surface area contributed by atoms with Crippen molar-refractivity contribution in [3.8, 4) is 0 Å². The third-order valence-electron chi connectivity index (χ3n) is 4.58. The molecule has 2 amide bonds. The SMILES string of the molecule is Cc1cccc(C(=O)N2Cc3ccccc3C[C@@H]2C(=O)NC(C)(C)C)c1. The molecule has 1 aliphatic heterocycles. The number of carbonyl (C=O) groups is 2. The van der Waals surface area contributed by atoms with Gasteiger partial charge in [0.1, 0.15) is 6.04 Å². The Kier molecular flexibility index (Phi) is 4.86. The molecule has 26 heavy (non-hydrogen) atoms. The molecular formula is C22H26N2O2. The van der Waals surface area contributed by atoms with E-state index in [2.05, 4.69) is 5.32 Å². The number of rotatable bonds is 2. The largest absolute Gasteiger partial charge is 0.350 e. The summed E-state index contributed by atoms with van der Waals surface area (Å²) >= 11 is 0. The topological polar surface area (TPSA) is 49.4 Å². The second kappa shape index (κ2) is 6.94. The van der Waals surface area contributed by atoms with E-state index in [-0.39, 0.29) is 17.4 Å². The van der Waals surface area contributed by atoms with Crippen molar-refractivity contribution >= 4 is 11.8 Å². The summed E-state index contributed by atoms with van der Waals surface area (Å²) in [5.41, 5.74) is 3.55. The first kappa shape index (κ1) is 18.2. The zero-order valence-electron chi connectivity index (χ0n) is 15.9. The maximum atomic E-state index is 13.2. The lowest BCUT2D eigenvalue weighted by Gasteiger charge is -2.37. The molecule has 4 nitrogen and oxygen atoms in total. The number of fused-ring (bicyclic) bond motifs is 1. The maximum Gasteiger partial charge on any atom is 0.254 e.